The van der Waals surface area contributed by atoms with Crippen molar-refractivity contribution in [2.45, 2.75) is 26.2 Å². The minimum atomic E-state index is 0.543. The minimum absolute atomic E-state index is 0.543. The number of hydrogen-bond acceptors (Lipinski definition) is 0. The fourth-order valence-electron chi connectivity index (χ4n) is 0.874. The summed E-state index contributed by atoms with van der Waals surface area (Å²) in [5.74, 6) is 1.11. The highest BCUT2D eigenvalue weighted by molar-refractivity contribution is 4.75. The van der Waals surface area contributed by atoms with Gasteiger partial charge in [0.15, 0.2) is 0 Å². The van der Waals surface area contributed by atoms with E-state index in [1.165, 1.54) is 12.8 Å². The molecule has 0 saturated carbocycles. The predicted octanol–water partition coefficient (Wildman–Crippen LogP) is 3.26. The Kier molecular flexibility index (Phi) is 5.38. The zero-order valence-electron chi connectivity index (χ0n) is 6.97. The summed E-state index contributed by atoms with van der Waals surface area (Å²) in [7, 11) is 0. The molecule has 0 aromatic rings. The molecular weight excluding hydrogens is 120 g/mol. The first-order valence-electron chi connectivity index (χ1n) is 3.94. The van der Waals surface area contributed by atoms with E-state index in [1.54, 1.807) is 0 Å². The average Bonchev–Trinajstić information content (AvgIpc) is 1.85. The Hall–Kier alpha value is -0.260. The van der Waals surface area contributed by atoms with Crippen molar-refractivity contribution in [2.75, 3.05) is 0 Å². The van der Waals surface area contributed by atoms with Crippen molar-refractivity contribution >= 4 is 0 Å². The molecule has 0 spiro atoms. The van der Waals surface area contributed by atoms with Crippen LogP contribution in [0.5, 0.6) is 0 Å². The van der Waals surface area contributed by atoms with E-state index in [-0.39, 0.29) is 0 Å². The van der Waals surface area contributed by atoms with E-state index < -0.39 is 0 Å². The molecule has 2 radical (unpaired) electrons. The molecular formula is C10H18. The second-order valence-corrected chi connectivity index (χ2v) is 3.07. The Labute approximate surface area is 65.3 Å². The van der Waals surface area contributed by atoms with E-state index in [0.29, 0.717) is 11.8 Å². The van der Waals surface area contributed by atoms with Crippen molar-refractivity contribution in [2.24, 2.45) is 11.8 Å². The van der Waals surface area contributed by atoms with Crippen molar-refractivity contribution in [3.63, 3.8) is 0 Å². The van der Waals surface area contributed by atoms with Gasteiger partial charge in [-0.25, -0.2) is 0 Å². The van der Waals surface area contributed by atoms with E-state index in [0.717, 1.165) is 6.42 Å². The van der Waals surface area contributed by atoms with Crippen molar-refractivity contribution in [1.29, 1.82) is 0 Å². The third-order valence-electron chi connectivity index (χ3n) is 1.57. The first kappa shape index (κ1) is 9.74. The molecule has 0 amide bonds. The standard InChI is InChI=1S/C10H18/c1-5-6-10(4)8-7-9(2)3/h5,9-10H,1-2,4,6-8H2,3H3. The third-order valence-corrected chi connectivity index (χ3v) is 1.57. The van der Waals surface area contributed by atoms with Crippen LogP contribution in [0.4, 0.5) is 0 Å². The van der Waals surface area contributed by atoms with Gasteiger partial charge in [-0.3, -0.25) is 0 Å². The highest BCUT2D eigenvalue weighted by atomic mass is 14.1. The normalized spacial score (nSPS) is 13.6. The summed E-state index contributed by atoms with van der Waals surface area (Å²) < 4.78 is 0. The minimum Gasteiger partial charge on any atom is -0.103 e. The molecule has 58 valence electrons. The summed E-state index contributed by atoms with van der Waals surface area (Å²) in [6, 6.07) is 0. The maximum Gasteiger partial charge on any atom is -0.0325 e. The molecule has 0 heteroatoms. The predicted molar refractivity (Wildman–Crippen MR) is 47.4 cm³/mol. The maximum absolute atomic E-state index is 4.00. The lowest BCUT2D eigenvalue weighted by Crippen LogP contribution is -1.96. The van der Waals surface area contributed by atoms with Gasteiger partial charge in [0.25, 0.3) is 0 Å². The molecule has 0 rings (SSSR count). The molecule has 0 saturated heterocycles. The fourth-order valence-corrected chi connectivity index (χ4v) is 0.874. The summed E-state index contributed by atoms with van der Waals surface area (Å²) >= 11 is 0. The van der Waals surface area contributed by atoms with Crippen molar-refractivity contribution in [3.05, 3.63) is 26.5 Å². The molecule has 0 N–H and O–H groups in total. The first-order valence-corrected chi connectivity index (χ1v) is 3.94. The molecule has 0 heterocycles. The number of allylic oxidation sites excluding steroid dienone is 1. The summed E-state index contributed by atoms with van der Waals surface area (Å²) in [6.45, 7) is 13.7. The van der Waals surface area contributed by atoms with Crippen molar-refractivity contribution in [3.8, 4) is 0 Å². The Morgan fingerprint density at radius 2 is 1.90 bits per heavy atom. The van der Waals surface area contributed by atoms with Crippen LogP contribution >= 0.6 is 0 Å². The van der Waals surface area contributed by atoms with E-state index in [2.05, 4.69) is 27.4 Å². The summed E-state index contributed by atoms with van der Waals surface area (Å²) in [4.78, 5) is 0. The molecule has 0 aliphatic carbocycles. The van der Waals surface area contributed by atoms with Gasteiger partial charge in [0.2, 0.25) is 0 Å². The molecule has 2 atom stereocenters. The number of hydrogen-bond donors (Lipinski definition) is 0. The molecule has 0 bridgehead atoms. The van der Waals surface area contributed by atoms with Crippen LogP contribution in [0.15, 0.2) is 12.7 Å². The lowest BCUT2D eigenvalue weighted by molar-refractivity contribution is 0.507. The first-order chi connectivity index (χ1) is 4.66. The van der Waals surface area contributed by atoms with Gasteiger partial charge in [-0.2, -0.15) is 0 Å². The van der Waals surface area contributed by atoms with Gasteiger partial charge in [0.1, 0.15) is 0 Å². The van der Waals surface area contributed by atoms with Crippen LogP contribution in [-0.4, -0.2) is 0 Å². The second-order valence-electron chi connectivity index (χ2n) is 3.07. The average molecular weight is 138 g/mol. The molecule has 0 aromatic carbocycles. The highest BCUT2D eigenvalue weighted by Gasteiger charge is 2.00. The fraction of sp³-hybridized carbons (Fsp3) is 0.600. The number of rotatable bonds is 5. The van der Waals surface area contributed by atoms with Gasteiger partial charge in [-0.15, -0.1) is 6.58 Å². The summed E-state index contributed by atoms with van der Waals surface area (Å²) in [5, 5.41) is 0. The van der Waals surface area contributed by atoms with Crippen LogP contribution in [0.2, 0.25) is 0 Å². The topological polar surface area (TPSA) is 0 Å². The molecule has 0 aliphatic rings. The van der Waals surface area contributed by atoms with Crippen LogP contribution in [0.1, 0.15) is 26.2 Å². The summed E-state index contributed by atoms with van der Waals surface area (Å²) in [5.41, 5.74) is 0. The molecule has 10 heavy (non-hydrogen) atoms. The van der Waals surface area contributed by atoms with Gasteiger partial charge in [-0.05, 0) is 31.6 Å². The second kappa shape index (κ2) is 5.52. The lowest BCUT2D eigenvalue weighted by Gasteiger charge is -2.09. The van der Waals surface area contributed by atoms with E-state index in [1.807, 2.05) is 6.08 Å². The van der Waals surface area contributed by atoms with E-state index in [9.17, 15) is 0 Å². The van der Waals surface area contributed by atoms with Gasteiger partial charge in [0, 0.05) is 0 Å². The molecule has 0 aromatic heterocycles. The Balaban J connectivity index is 3.20. The largest absolute Gasteiger partial charge is 0.103 e. The Morgan fingerprint density at radius 3 is 2.30 bits per heavy atom. The van der Waals surface area contributed by atoms with Crippen LogP contribution in [0.25, 0.3) is 0 Å². The zero-order chi connectivity index (χ0) is 7.98. The van der Waals surface area contributed by atoms with Gasteiger partial charge in [-0.1, -0.05) is 26.3 Å². The van der Waals surface area contributed by atoms with Crippen LogP contribution in [0, 0.1) is 25.7 Å². The van der Waals surface area contributed by atoms with E-state index >= 15 is 0 Å². The molecule has 0 nitrogen and oxygen atoms in total. The van der Waals surface area contributed by atoms with Gasteiger partial charge < -0.3 is 0 Å². The molecule has 2 unspecified atom stereocenters. The SMILES string of the molecule is [CH2]C(C)CCC([CH2])CC=C. The van der Waals surface area contributed by atoms with Gasteiger partial charge >= 0.3 is 0 Å². The van der Waals surface area contributed by atoms with Crippen molar-refractivity contribution < 1.29 is 0 Å². The monoisotopic (exact) mass is 138 g/mol. The lowest BCUT2D eigenvalue weighted by atomic mass is 9.97. The van der Waals surface area contributed by atoms with Crippen molar-refractivity contribution in [1.82, 2.24) is 0 Å². The molecule has 0 fully saturated rings. The Bertz CT molecular complexity index is 82.0. The summed E-state index contributed by atoms with van der Waals surface area (Å²) in [6.07, 6.45) is 5.33. The smallest absolute Gasteiger partial charge is 0.0325 e. The van der Waals surface area contributed by atoms with Crippen LogP contribution in [-0.2, 0) is 0 Å². The maximum atomic E-state index is 4.00. The highest BCUT2D eigenvalue weighted by Crippen LogP contribution is 2.13. The zero-order valence-corrected chi connectivity index (χ0v) is 6.97. The van der Waals surface area contributed by atoms with E-state index in [4.69, 9.17) is 0 Å². The third kappa shape index (κ3) is 5.87. The quantitative estimate of drug-likeness (QED) is 0.511. The molecule has 0 aliphatic heterocycles. The Morgan fingerprint density at radius 1 is 1.30 bits per heavy atom. The van der Waals surface area contributed by atoms with Crippen LogP contribution < -0.4 is 0 Å². The van der Waals surface area contributed by atoms with Crippen LogP contribution in [0.3, 0.4) is 0 Å². The van der Waals surface area contributed by atoms with Gasteiger partial charge in [0.05, 0.1) is 0 Å².